The summed E-state index contributed by atoms with van der Waals surface area (Å²) in [5.74, 6) is 0. The van der Waals surface area contributed by atoms with Crippen molar-refractivity contribution in [1.29, 1.82) is 0 Å². The van der Waals surface area contributed by atoms with Crippen LogP contribution in [0, 0.1) is 0 Å². The third kappa shape index (κ3) is 11.8. The van der Waals surface area contributed by atoms with Gasteiger partial charge in [0.05, 0.1) is 6.67 Å². The number of nitrogens with zero attached hydrogens (tertiary/aromatic N) is 2. The predicted octanol–water partition coefficient (Wildman–Crippen LogP) is -3.31. The molecule has 0 bridgehead atoms. The van der Waals surface area contributed by atoms with Gasteiger partial charge in [0.25, 0.3) is 0 Å². The maximum absolute atomic E-state index is 8.63. The molecule has 0 atom stereocenters. The standard InChI is InChI=1S/C6H12N2.Li.H2O4S/c1-3-8-5-4-7(2)6-8;;1-5(2,3)4/h4-5H,3,6H2,1-2H3;;(H2,1,2,3,4)/q;+1;/p-1. The van der Waals surface area contributed by atoms with Crippen molar-refractivity contribution >= 4 is 10.4 Å². The van der Waals surface area contributed by atoms with Crippen molar-refractivity contribution in [2.24, 2.45) is 0 Å². The van der Waals surface area contributed by atoms with Crippen molar-refractivity contribution in [3.63, 3.8) is 0 Å². The molecule has 0 aromatic heterocycles. The van der Waals surface area contributed by atoms with Gasteiger partial charge in [-0.15, -0.1) is 0 Å². The molecule has 8 heteroatoms. The van der Waals surface area contributed by atoms with Gasteiger partial charge in [0.15, 0.2) is 0 Å². The van der Waals surface area contributed by atoms with E-state index in [2.05, 4.69) is 36.2 Å². The van der Waals surface area contributed by atoms with E-state index in [1.165, 1.54) is 0 Å². The fourth-order valence-corrected chi connectivity index (χ4v) is 0.794. The first-order valence-electron chi connectivity index (χ1n) is 3.64. The van der Waals surface area contributed by atoms with Gasteiger partial charge in [0.1, 0.15) is 0 Å². The maximum Gasteiger partial charge on any atom is 1.00 e. The summed E-state index contributed by atoms with van der Waals surface area (Å²) in [6, 6.07) is 0. The van der Waals surface area contributed by atoms with Crippen LogP contribution < -0.4 is 18.9 Å². The van der Waals surface area contributed by atoms with E-state index in [4.69, 9.17) is 17.5 Å². The van der Waals surface area contributed by atoms with Gasteiger partial charge in [-0.3, -0.25) is 4.55 Å². The van der Waals surface area contributed by atoms with Gasteiger partial charge in [-0.1, -0.05) is 0 Å². The van der Waals surface area contributed by atoms with Crippen LogP contribution in [0.4, 0.5) is 0 Å². The molecule has 6 nitrogen and oxygen atoms in total. The first-order chi connectivity index (χ1) is 5.83. The average molecular weight is 216 g/mol. The molecule has 1 aliphatic heterocycles. The van der Waals surface area contributed by atoms with Crippen LogP contribution in [0.3, 0.4) is 0 Å². The van der Waals surface area contributed by atoms with Crippen LogP contribution in [-0.2, 0) is 10.4 Å². The average Bonchev–Trinajstić information content (AvgIpc) is 2.31. The van der Waals surface area contributed by atoms with Crippen LogP contribution in [0.2, 0.25) is 0 Å². The van der Waals surface area contributed by atoms with Gasteiger partial charge in [0, 0.05) is 26.0 Å². The van der Waals surface area contributed by atoms with E-state index in [-0.39, 0.29) is 18.9 Å². The Bertz CT molecular complexity index is 259. The molecule has 0 aromatic rings. The van der Waals surface area contributed by atoms with E-state index in [0.717, 1.165) is 13.2 Å². The Morgan fingerprint density at radius 3 is 2.07 bits per heavy atom. The SMILES string of the molecule is CCN1C=CN(C)C1.O=S(=O)([O-])O.[Li+]. The van der Waals surface area contributed by atoms with E-state index in [0.29, 0.717) is 0 Å². The zero-order valence-corrected chi connectivity index (χ0v) is 9.36. The molecular weight excluding hydrogens is 203 g/mol. The van der Waals surface area contributed by atoms with Crippen molar-refractivity contribution in [3.05, 3.63) is 12.4 Å². The summed E-state index contributed by atoms with van der Waals surface area (Å²) < 4.78 is 32.8. The van der Waals surface area contributed by atoms with E-state index in [1.807, 2.05) is 0 Å². The molecule has 1 heterocycles. The molecule has 0 aliphatic carbocycles. The maximum atomic E-state index is 8.63. The Morgan fingerprint density at radius 1 is 1.50 bits per heavy atom. The quantitative estimate of drug-likeness (QED) is 0.281. The molecule has 0 aromatic carbocycles. The van der Waals surface area contributed by atoms with Crippen LogP contribution >= 0.6 is 0 Å². The minimum absolute atomic E-state index is 0. The predicted molar refractivity (Wildman–Crippen MR) is 46.5 cm³/mol. The van der Waals surface area contributed by atoms with Gasteiger partial charge >= 0.3 is 18.9 Å². The molecule has 0 saturated heterocycles. The van der Waals surface area contributed by atoms with Gasteiger partial charge in [-0.05, 0) is 6.92 Å². The molecule has 14 heavy (non-hydrogen) atoms. The molecule has 78 valence electrons. The summed E-state index contributed by atoms with van der Waals surface area (Å²) in [7, 11) is -2.84. The summed E-state index contributed by atoms with van der Waals surface area (Å²) in [6.07, 6.45) is 4.20. The zero-order valence-electron chi connectivity index (χ0n) is 8.54. The monoisotopic (exact) mass is 216 g/mol. The summed E-state index contributed by atoms with van der Waals surface area (Å²) in [5.41, 5.74) is 0. The second kappa shape index (κ2) is 7.15. The summed E-state index contributed by atoms with van der Waals surface area (Å²) in [4.78, 5) is 4.41. The van der Waals surface area contributed by atoms with Crippen molar-refractivity contribution in [1.82, 2.24) is 9.80 Å². The molecule has 0 radical (unpaired) electrons. The number of rotatable bonds is 1. The minimum Gasteiger partial charge on any atom is -0.726 e. The van der Waals surface area contributed by atoms with Crippen molar-refractivity contribution in [2.45, 2.75) is 6.92 Å². The van der Waals surface area contributed by atoms with Gasteiger partial charge in [-0.25, -0.2) is 8.42 Å². The zero-order chi connectivity index (χ0) is 10.5. The third-order valence-corrected chi connectivity index (χ3v) is 1.34. The van der Waals surface area contributed by atoms with Crippen LogP contribution in [0.1, 0.15) is 6.92 Å². The number of hydrogen-bond acceptors (Lipinski definition) is 5. The second-order valence-corrected chi connectivity index (χ2v) is 3.38. The Hall–Kier alpha value is -0.193. The van der Waals surface area contributed by atoms with Gasteiger partial charge in [0.2, 0.25) is 10.4 Å². The topological polar surface area (TPSA) is 83.9 Å². The molecule has 1 N–H and O–H groups in total. The summed E-state index contributed by atoms with van der Waals surface area (Å²) >= 11 is 0. The number of hydrogen-bond donors (Lipinski definition) is 1. The van der Waals surface area contributed by atoms with E-state index >= 15 is 0 Å². The third-order valence-electron chi connectivity index (χ3n) is 1.34. The molecule has 0 saturated carbocycles. The largest absolute Gasteiger partial charge is 1.00 e. The molecule has 0 unspecified atom stereocenters. The van der Waals surface area contributed by atoms with Crippen LogP contribution in [0.5, 0.6) is 0 Å². The molecule has 0 amide bonds. The Balaban J connectivity index is 0. The van der Waals surface area contributed by atoms with E-state index in [1.54, 1.807) is 0 Å². The van der Waals surface area contributed by atoms with Crippen molar-refractivity contribution < 1.29 is 36.4 Å². The summed E-state index contributed by atoms with van der Waals surface area (Å²) in [6.45, 7) is 4.32. The first-order valence-corrected chi connectivity index (χ1v) is 5.00. The smallest absolute Gasteiger partial charge is 0.726 e. The van der Waals surface area contributed by atoms with E-state index in [9.17, 15) is 0 Å². The van der Waals surface area contributed by atoms with Crippen LogP contribution in [0.15, 0.2) is 12.4 Å². The van der Waals surface area contributed by atoms with E-state index < -0.39 is 10.4 Å². The Kier molecular flexibility index (Phi) is 8.29. The second-order valence-electron chi connectivity index (χ2n) is 2.53. The van der Waals surface area contributed by atoms with Crippen molar-refractivity contribution in [2.75, 3.05) is 20.3 Å². The summed E-state index contributed by atoms with van der Waals surface area (Å²) in [5, 5.41) is 0. The van der Waals surface area contributed by atoms with Gasteiger partial charge in [-0.2, -0.15) is 0 Å². The Morgan fingerprint density at radius 2 is 1.93 bits per heavy atom. The fraction of sp³-hybridized carbons (Fsp3) is 0.667. The first kappa shape index (κ1) is 16.2. The molecule has 1 aliphatic rings. The molecule has 0 fully saturated rings. The van der Waals surface area contributed by atoms with Gasteiger partial charge < -0.3 is 14.4 Å². The molecular formula is C6H13LiN2O4S. The normalized spacial score (nSPS) is 14.6. The molecule has 0 spiro atoms. The van der Waals surface area contributed by atoms with Crippen LogP contribution in [0.25, 0.3) is 0 Å². The molecule has 1 rings (SSSR count). The van der Waals surface area contributed by atoms with Crippen molar-refractivity contribution in [3.8, 4) is 0 Å². The van der Waals surface area contributed by atoms with Crippen LogP contribution in [-0.4, -0.2) is 47.6 Å². The fourth-order valence-electron chi connectivity index (χ4n) is 0.794. The minimum atomic E-state index is -4.92. The Labute approximate surface area is 96.3 Å².